The predicted octanol–water partition coefficient (Wildman–Crippen LogP) is 2.49. The number of nitrogens with one attached hydrogen (secondary N) is 2. The fourth-order valence-electron chi connectivity index (χ4n) is 2.63. The van der Waals surface area contributed by atoms with E-state index in [2.05, 4.69) is 20.7 Å². The van der Waals surface area contributed by atoms with Crippen molar-refractivity contribution in [3.05, 3.63) is 34.0 Å². The van der Waals surface area contributed by atoms with Crippen LogP contribution in [0.25, 0.3) is 0 Å². The molecule has 3 rings (SSSR count). The van der Waals surface area contributed by atoms with Crippen molar-refractivity contribution in [2.45, 2.75) is 38.8 Å². The monoisotopic (exact) mass is 355 g/mol. The Bertz CT molecular complexity index is 650. The number of aromatic nitrogens is 3. The molecule has 1 amide bonds. The lowest BCUT2D eigenvalue weighted by atomic mass is 10.1. The first-order chi connectivity index (χ1) is 10.6. The van der Waals surface area contributed by atoms with E-state index in [9.17, 15) is 4.79 Å². The minimum atomic E-state index is -0.150. The van der Waals surface area contributed by atoms with Crippen molar-refractivity contribution in [3.8, 4) is 0 Å². The zero-order chi connectivity index (χ0) is 15.5. The largest absolute Gasteiger partial charge is 0.342 e. The summed E-state index contributed by atoms with van der Waals surface area (Å²) < 4.78 is 1.90. The summed E-state index contributed by atoms with van der Waals surface area (Å²) in [6, 6.07) is 2.02. The van der Waals surface area contributed by atoms with Crippen LogP contribution in [0.1, 0.15) is 52.2 Å². The van der Waals surface area contributed by atoms with Crippen LogP contribution in [0.3, 0.4) is 0 Å². The molecule has 0 aromatic carbocycles. The molecule has 3 heterocycles. The van der Waals surface area contributed by atoms with E-state index in [1.807, 2.05) is 30.9 Å². The van der Waals surface area contributed by atoms with Gasteiger partial charge in [-0.05, 0) is 39.3 Å². The molecule has 2 unspecified atom stereocenters. The number of rotatable bonds is 4. The summed E-state index contributed by atoms with van der Waals surface area (Å²) >= 11 is 1.60. The third kappa shape index (κ3) is 4.31. The van der Waals surface area contributed by atoms with Gasteiger partial charge in [0, 0.05) is 23.8 Å². The lowest BCUT2D eigenvalue weighted by Gasteiger charge is -2.22. The van der Waals surface area contributed by atoms with Crippen LogP contribution in [0.15, 0.2) is 18.5 Å². The van der Waals surface area contributed by atoms with E-state index in [0.29, 0.717) is 11.7 Å². The molecule has 0 spiro atoms. The summed E-state index contributed by atoms with van der Waals surface area (Å²) in [5.74, 6) is -0.150. The molecule has 0 radical (unpaired) electrons. The average molecular weight is 356 g/mol. The maximum absolute atomic E-state index is 12.3. The molecule has 1 fully saturated rings. The third-order valence-corrected chi connectivity index (χ3v) is 4.94. The van der Waals surface area contributed by atoms with Gasteiger partial charge in [-0.15, -0.1) is 23.7 Å². The van der Waals surface area contributed by atoms with Gasteiger partial charge in [0.15, 0.2) is 0 Å². The van der Waals surface area contributed by atoms with Crippen molar-refractivity contribution in [1.82, 2.24) is 25.4 Å². The topological polar surface area (TPSA) is 71.8 Å². The van der Waals surface area contributed by atoms with Crippen LogP contribution < -0.4 is 10.6 Å². The molecule has 1 aliphatic heterocycles. The zero-order valence-corrected chi connectivity index (χ0v) is 14.9. The Labute approximate surface area is 146 Å². The molecule has 2 aromatic rings. The van der Waals surface area contributed by atoms with Crippen LogP contribution in [0.5, 0.6) is 0 Å². The molecule has 0 aliphatic carbocycles. The Balaban J connectivity index is 0.00000192. The van der Waals surface area contributed by atoms with Crippen molar-refractivity contribution in [3.63, 3.8) is 0 Å². The van der Waals surface area contributed by atoms with E-state index in [1.165, 1.54) is 0 Å². The second-order valence-electron chi connectivity index (χ2n) is 5.69. The van der Waals surface area contributed by atoms with Crippen LogP contribution in [0.2, 0.25) is 0 Å². The maximum atomic E-state index is 12.3. The third-order valence-electron chi connectivity index (χ3n) is 3.84. The minimum Gasteiger partial charge on any atom is -0.342 e. The molecule has 6 nitrogen and oxygen atoms in total. The van der Waals surface area contributed by atoms with Crippen molar-refractivity contribution in [2.75, 3.05) is 13.1 Å². The van der Waals surface area contributed by atoms with E-state index >= 15 is 0 Å². The van der Waals surface area contributed by atoms with Crippen LogP contribution in [-0.4, -0.2) is 33.8 Å². The standard InChI is InChI=1S/C15H21N5OS.ClH/c1-10-8-17-15(22-10)11(2)18-14(21)13-5-7-20(19-13)12-4-3-6-16-9-12;/h5,7-8,11-12,16H,3-4,6,9H2,1-2H3,(H,18,21);1H. The average Bonchev–Trinajstić information content (AvgIpc) is 3.17. The van der Waals surface area contributed by atoms with Gasteiger partial charge in [0.25, 0.3) is 5.91 Å². The van der Waals surface area contributed by atoms with E-state index in [-0.39, 0.29) is 24.4 Å². The minimum absolute atomic E-state index is 0. The van der Waals surface area contributed by atoms with Crippen molar-refractivity contribution < 1.29 is 4.79 Å². The number of thiazole rings is 1. The lowest BCUT2D eigenvalue weighted by Crippen LogP contribution is -2.32. The molecule has 126 valence electrons. The smallest absolute Gasteiger partial charge is 0.272 e. The molecule has 2 aromatic heterocycles. The number of aryl methyl sites for hydroxylation is 1. The molecule has 2 N–H and O–H groups in total. The molecular formula is C15H22ClN5OS. The number of carbonyl (C=O) groups is 1. The highest BCUT2D eigenvalue weighted by atomic mass is 35.5. The zero-order valence-electron chi connectivity index (χ0n) is 13.3. The second kappa shape index (κ2) is 7.90. The van der Waals surface area contributed by atoms with Crippen LogP contribution >= 0.6 is 23.7 Å². The first-order valence-corrected chi connectivity index (χ1v) is 8.44. The Morgan fingerprint density at radius 2 is 2.39 bits per heavy atom. The molecule has 1 aliphatic rings. The van der Waals surface area contributed by atoms with E-state index in [4.69, 9.17) is 0 Å². The highest BCUT2D eigenvalue weighted by Crippen LogP contribution is 2.20. The van der Waals surface area contributed by atoms with Crippen molar-refractivity contribution >= 4 is 29.7 Å². The predicted molar refractivity (Wildman–Crippen MR) is 93.3 cm³/mol. The van der Waals surface area contributed by atoms with Crippen LogP contribution in [0, 0.1) is 6.92 Å². The molecule has 8 heteroatoms. The van der Waals surface area contributed by atoms with E-state index in [0.717, 1.165) is 35.8 Å². The van der Waals surface area contributed by atoms with Crippen LogP contribution in [0.4, 0.5) is 0 Å². The van der Waals surface area contributed by atoms with Crippen molar-refractivity contribution in [2.24, 2.45) is 0 Å². The van der Waals surface area contributed by atoms with Gasteiger partial charge in [0.1, 0.15) is 10.7 Å². The first kappa shape index (κ1) is 17.9. The summed E-state index contributed by atoms with van der Waals surface area (Å²) in [5, 5.41) is 11.7. The van der Waals surface area contributed by atoms with E-state index in [1.54, 1.807) is 17.4 Å². The van der Waals surface area contributed by atoms with Gasteiger partial charge in [-0.3, -0.25) is 9.48 Å². The molecular weight excluding hydrogens is 334 g/mol. The second-order valence-corrected chi connectivity index (χ2v) is 6.95. The quantitative estimate of drug-likeness (QED) is 0.883. The molecule has 0 bridgehead atoms. The SMILES string of the molecule is Cc1cnc(C(C)NC(=O)c2ccn(C3CCCNC3)n2)s1.Cl. The Kier molecular flexibility index (Phi) is 6.15. The number of carbonyl (C=O) groups excluding carboxylic acids is 1. The summed E-state index contributed by atoms with van der Waals surface area (Å²) in [5.41, 5.74) is 0.464. The summed E-state index contributed by atoms with van der Waals surface area (Å²) in [4.78, 5) is 17.8. The van der Waals surface area contributed by atoms with Gasteiger partial charge in [0.05, 0.1) is 12.1 Å². The molecule has 2 atom stereocenters. The lowest BCUT2D eigenvalue weighted by molar-refractivity contribution is 0.0933. The number of hydrogen-bond donors (Lipinski definition) is 2. The number of hydrogen-bond acceptors (Lipinski definition) is 5. The van der Waals surface area contributed by atoms with Gasteiger partial charge in [0.2, 0.25) is 0 Å². The Morgan fingerprint density at radius 3 is 3.04 bits per heavy atom. The highest BCUT2D eigenvalue weighted by molar-refractivity contribution is 7.11. The van der Waals surface area contributed by atoms with Gasteiger partial charge < -0.3 is 10.6 Å². The van der Waals surface area contributed by atoms with E-state index < -0.39 is 0 Å². The molecule has 0 saturated carbocycles. The summed E-state index contributed by atoms with van der Waals surface area (Å²) in [7, 11) is 0. The Hall–Kier alpha value is -1.44. The number of amides is 1. The number of piperidine rings is 1. The Morgan fingerprint density at radius 1 is 1.57 bits per heavy atom. The van der Waals surface area contributed by atoms with Gasteiger partial charge in [-0.2, -0.15) is 5.10 Å². The fraction of sp³-hybridized carbons (Fsp3) is 0.533. The maximum Gasteiger partial charge on any atom is 0.272 e. The van der Waals surface area contributed by atoms with Gasteiger partial charge >= 0.3 is 0 Å². The molecule has 23 heavy (non-hydrogen) atoms. The normalized spacial score (nSPS) is 19.0. The summed E-state index contributed by atoms with van der Waals surface area (Å²) in [6.07, 6.45) is 5.97. The van der Waals surface area contributed by atoms with Gasteiger partial charge in [-0.1, -0.05) is 0 Å². The van der Waals surface area contributed by atoms with Crippen molar-refractivity contribution in [1.29, 1.82) is 0 Å². The summed E-state index contributed by atoms with van der Waals surface area (Å²) in [6.45, 7) is 5.93. The van der Waals surface area contributed by atoms with Gasteiger partial charge in [-0.25, -0.2) is 4.98 Å². The fourth-order valence-corrected chi connectivity index (χ4v) is 3.40. The highest BCUT2D eigenvalue weighted by Gasteiger charge is 2.19. The first-order valence-electron chi connectivity index (χ1n) is 7.62. The van der Waals surface area contributed by atoms with Crippen LogP contribution in [-0.2, 0) is 0 Å². The molecule has 1 saturated heterocycles. The number of halogens is 1. The number of nitrogens with zero attached hydrogens (tertiary/aromatic N) is 3.